The highest BCUT2D eigenvalue weighted by molar-refractivity contribution is 7.98. The van der Waals surface area contributed by atoms with Crippen molar-refractivity contribution in [3.05, 3.63) is 35.4 Å². The molecule has 0 bridgehead atoms. The Balaban J connectivity index is 1.85. The molecule has 0 aliphatic rings. The van der Waals surface area contributed by atoms with Gasteiger partial charge in [-0.15, -0.1) is 23.1 Å². The molecule has 0 saturated carbocycles. The lowest BCUT2D eigenvalue weighted by Crippen LogP contribution is -2.03. The molecule has 0 aliphatic carbocycles. The Labute approximate surface area is 125 Å². The monoisotopic (exact) mass is 305 g/mol. The van der Waals surface area contributed by atoms with E-state index in [1.54, 1.807) is 29.4 Å². The minimum atomic E-state index is 0.743. The lowest BCUT2D eigenvalue weighted by Gasteiger charge is -2.06. The minimum Gasteiger partial charge on any atom is -0.468 e. The molecule has 3 heterocycles. The first-order valence-electron chi connectivity index (χ1n) is 6.43. The molecule has 1 N–H and O–H groups in total. The highest BCUT2D eigenvalue weighted by atomic mass is 32.2. The van der Waals surface area contributed by atoms with Crippen LogP contribution in [0.4, 0.5) is 5.82 Å². The maximum absolute atomic E-state index is 5.30. The second-order valence-corrected chi connectivity index (χ2v) is 6.20. The average Bonchev–Trinajstić information content (AvgIpc) is 3.05. The molecular formula is C14H15N3OS2. The molecule has 6 heteroatoms. The topological polar surface area (TPSA) is 51.0 Å². The van der Waals surface area contributed by atoms with Crippen molar-refractivity contribution in [2.24, 2.45) is 0 Å². The third-order valence-electron chi connectivity index (χ3n) is 2.88. The predicted molar refractivity (Wildman–Crippen MR) is 84.6 cm³/mol. The van der Waals surface area contributed by atoms with Crippen LogP contribution in [-0.2, 0) is 5.75 Å². The van der Waals surface area contributed by atoms with Gasteiger partial charge in [-0.2, -0.15) is 0 Å². The van der Waals surface area contributed by atoms with Gasteiger partial charge in [-0.25, -0.2) is 9.97 Å². The summed E-state index contributed by atoms with van der Waals surface area (Å²) in [5, 5.41) is 6.46. The zero-order valence-electron chi connectivity index (χ0n) is 11.3. The Bertz CT molecular complexity index is 720. The SMILES string of the molecule is CCNc1nc(CSc2ccoc2C)nc2sccc12. The summed E-state index contributed by atoms with van der Waals surface area (Å²) in [7, 11) is 0. The molecule has 3 aromatic heterocycles. The summed E-state index contributed by atoms with van der Waals surface area (Å²) in [6.07, 6.45) is 1.71. The summed E-state index contributed by atoms with van der Waals surface area (Å²) >= 11 is 3.35. The molecule has 0 aliphatic heterocycles. The maximum Gasteiger partial charge on any atom is 0.142 e. The summed E-state index contributed by atoms with van der Waals surface area (Å²) in [5.74, 6) is 3.46. The van der Waals surface area contributed by atoms with Crippen LogP contribution in [-0.4, -0.2) is 16.5 Å². The largest absolute Gasteiger partial charge is 0.468 e. The predicted octanol–water partition coefficient (Wildman–Crippen LogP) is 4.32. The highest BCUT2D eigenvalue weighted by Gasteiger charge is 2.10. The van der Waals surface area contributed by atoms with Gasteiger partial charge in [-0.3, -0.25) is 0 Å². The summed E-state index contributed by atoms with van der Waals surface area (Å²) < 4.78 is 5.30. The molecule has 0 radical (unpaired) electrons. The van der Waals surface area contributed by atoms with Gasteiger partial charge in [0.1, 0.15) is 22.2 Å². The summed E-state index contributed by atoms with van der Waals surface area (Å²) in [6, 6.07) is 4.05. The van der Waals surface area contributed by atoms with Gasteiger partial charge in [-0.05, 0) is 31.4 Å². The molecule has 4 nitrogen and oxygen atoms in total. The van der Waals surface area contributed by atoms with E-state index in [4.69, 9.17) is 4.42 Å². The van der Waals surface area contributed by atoms with Crippen molar-refractivity contribution in [3.63, 3.8) is 0 Å². The molecule has 0 saturated heterocycles. The van der Waals surface area contributed by atoms with Crippen molar-refractivity contribution < 1.29 is 4.42 Å². The number of fused-ring (bicyclic) bond motifs is 1. The van der Waals surface area contributed by atoms with Crippen LogP contribution in [0.1, 0.15) is 18.5 Å². The van der Waals surface area contributed by atoms with Crippen LogP contribution in [0, 0.1) is 6.92 Å². The van der Waals surface area contributed by atoms with Crippen LogP contribution in [0.3, 0.4) is 0 Å². The fourth-order valence-electron chi connectivity index (χ4n) is 1.93. The number of hydrogen-bond donors (Lipinski definition) is 1. The third kappa shape index (κ3) is 2.66. The van der Waals surface area contributed by atoms with Gasteiger partial charge < -0.3 is 9.73 Å². The van der Waals surface area contributed by atoms with Crippen molar-refractivity contribution in [1.82, 2.24) is 9.97 Å². The van der Waals surface area contributed by atoms with Crippen molar-refractivity contribution in [3.8, 4) is 0 Å². The Hall–Kier alpha value is -1.53. The summed E-state index contributed by atoms with van der Waals surface area (Å²) in [4.78, 5) is 11.4. The van der Waals surface area contributed by atoms with E-state index in [-0.39, 0.29) is 0 Å². The second-order valence-electron chi connectivity index (χ2n) is 4.29. The summed E-state index contributed by atoms with van der Waals surface area (Å²) in [5.41, 5.74) is 0. The van der Waals surface area contributed by atoms with Crippen molar-refractivity contribution in [2.75, 3.05) is 11.9 Å². The number of aromatic nitrogens is 2. The molecule has 3 rings (SSSR count). The number of furan rings is 1. The number of nitrogens with one attached hydrogen (secondary N) is 1. The zero-order valence-corrected chi connectivity index (χ0v) is 13.0. The molecule has 0 amide bonds. The second kappa shape index (κ2) is 5.85. The lowest BCUT2D eigenvalue weighted by atomic mass is 10.3. The number of nitrogens with zero attached hydrogens (tertiary/aromatic N) is 2. The molecule has 0 fully saturated rings. The molecule has 0 unspecified atom stereocenters. The fourth-order valence-corrected chi connectivity index (χ4v) is 3.53. The fraction of sp³-hybridized carbons (Fsp3) is 0.286. The van der Waals surface area contributed by atoms with E-state index >= 15 is 0 Å². The Morgan fingerprint density at radius 2 is 2.25 bits per heavy atom. The summed E-state index contributed by atoms with van der Waals surface area (Å²) in [6.45, 7) is 4.90. The Morgan fingerprint density at radius 3 is 3.00 bits per heavy atom. The lowest BCUT2D eigenvalue weighted by molar-refractivity contribution is 0.527. The number of anilines is 1. The molecule has 20 heavy (non-hydrogen) atoms. The van der Waals surface area contributed by atoms with Crippen LogP contribution in [0.5, 0.6) is 0 Å². The van der Waals surface area contributed by atoms with Crippen molar-refractivity contribution in [2.45, 2.75) is 24.5 Å². The standard InChI is InChI=1S/C14H15N3OS2/c1-3-15-13-10-5-7-19-14(10)17-12(16-13)8-20-11-4-6-18-9(11)2/h4-7H,3,8H2,1-2H3,(H,15,16,17). The van der Waals surface area contributed by atoms with Gasteiger partial charge in [0.05, 0.1) is 17.4 Å². The Kier molecular flexibility index (Phi) is 3.93. The van der Waals surface area contributed by atoms with Crippen LogP contribution < -0.4 is 5.32 Å². The van der Waals surface area contributed by atoms with E-state index in [1.165, 1.54) is 0 Å². The van der Waals surface area contributed by atoms with E-state index in [0.717, 1.165) is 44.8 Å². The average molecular weight is 305 g/mol. The van der Waals surface area contributed by atoms with Crippen LogP contribution >= 0.6 is 23.1 Å². The van der Waals surface area contributed by atoms with E-state index < -0.39 is 0 Å². The molecule has 0 atom stereocenters. The van der Waals surface area contributed by atoms with Gasteiger partial charge in [0.15, 0.2) is 0 Å². The van der Waals surface area contributed by atoms with Crippen LogP contribution in [0.25, 0.3) is 10.2 Å². The van der Waals surface area contributed by atoms with Gasteiger partial charge in [-0.1, -0.05) is 0 Å². The molecule has 0 aromatic carbocycles. The number of thioether (sulfide) groups is 1. The third-order valence-corrected chi connectivity index (χ3v) is 4.83. The van der Waals surface area contributed by atoms with Gasteiger partial charge in [0.2, 0.25) is 0 Å². The van der Waals surface area contributed by atoms with E-state index in [9.17, 15) is 0 Å². The number of rotatable bonds is 5. The molecular weight excluding hydrogens is 290 g/mol. The van der Waals surface area contributed by atoms with Gasteiger partial charge in [0.25, 0.3) is 0 Å². The zero-order chi connectivity index (χ0) is 13.9. The first kappa shape index (κ1) is 13.5. The number of hydrogen-bond acceptors (Lipinski definition) is 6. The Morgan fingerprint density at radius 1 is 1.35 bits per heavy atom. The molecule has 0 spiro atoms. The molecule has 104 valence electrons. The van der Waals surface area contributed by atoms with Gasteiger partial charge in [0, 0.05) is 11.4 Å². The maximum atomic E-state index is 5.30. The van der Waals surface area contributed by atoms with Crippen molar-refractivity contribution in [1.29, 1.82) is 0 Å². The van der Waals surface area contributed by atoms with E-state index in [2.05, 4.69) is 33.7 Å². The smallest absolute Gasteiger partial charge is 0.142 e. The first-order chi connectivity index (χ1) is 9.78. The number of thiophene rings is 1. The first-order valence-corrected chi connectivity index (χ1v) is 8.29. The van der Waals surface area contributed by atoms with E-state index in [0.29, 0.717) is 0 Å². The van der Waals surface area contributed by atoms with Crippen molar-refractivity contribution >= 4 is 39.1 Å². The quantitative estimate of drug-likeness (QED) is 0.712. The van der Waals surface area contributed by atoms with Gasteiger partial charge >= 0.3 is 0 Å². The number of aryl methyl sites for hydroxylation is 1. The molecule has 3 aromatic rings. The highest BCUT2D eigenvalue weighted by Crippen LogP contribution is 2.29. The van der Waals surface area contributed by atoms with Crippen LogP contribution in [0.15, 0.2) is 33.1 Å². The normalized spacial score (nSPS) is 11.1. The van der Waals surface area contributed by atoms with E-state index in [1.807, 2.05) is 13.0 Å². The minimum absolute atomic E-state index is 0.743. The van der Waals surface area contributed by atoms with Crippen LogP contribution in [0.2, 0.25) is 0 Å².